The van der Waals surface area contributed by atoms with Gasteiger partial charge in [-0.1, -0.05) is 13.8 Å². The van der Waals surface area contributed by atoms with Gasteiger partial charge in [-0.05, 0) is 25.2 Å². The zero-order chi connectivity index (χ0) is 14.0. The van der Waals surface area contributed by atoms with Crippen molar-refractivity contribution in [3.05, 3.63) is 0 Å². The highest BCUT2D eigenvalue weighted by molar-refractivity contribution is 5.89. The molecule has 2 N–H and O–H groups in total. The summed E-state index contributed by atoms with van der Waals surface area (Å²) in [7, 11) is 0. The Balaban J connectivity index is 1.73. The van der Waals surface area contributed by atoms with Crippen LogP contribution in [0.5, 0.6) is 0 Å². The van der Waals surface area contributed by atoms with Gasteiger partial charge in [0.15, 0.2) is 0 Å². The molecule has 0 bridgehead atoms. The van der Waals surface area contributed by atoms with Crippen LogP contribution in [0.3, 0.4) is 0 Å². The Morgan fingerprint density at radius 2 is 2.16 bits per heavy atom. The van der Waals surface area contributed by atoms with Gasteiger partial charge >= 0.3 is 0 Å². The number of amides is 2. The van der Waals surface area contributed by atoms with Gasteiger partial charge in [0.2, 0.25) is 11.8 Å². The summed E-state index contributed by atoms with van der Waals surface area (Å²) in [6.45, 7) is 4.91. The Kier molecular flexibility index (Phi) is 4.45. The van der Waals surface area contributed by atoms with Gasteiger partial charge in [-0.25, -0.2) is 0 Å². The van der Waals surface area contributed by atoms with Gasteiger partial charge < -0.3 is 15.3 Å². The summed E-state index contributed by atoms with van der Waals surface area (Å²) >= 11 is 0. The largest absolute Gasteiger partial charge is 0.391 e. The number of carbonyl (C=O) groups excluding carboxylic acids is 2. The lowest BCUT2D eigenvalue weighted by Gasteiger charge is -2.17. The van der Waals surface area contributed by atoms with Crippen LogP contribution in [0.1, 0.15) is 39.5 Å². The lowest BCUT2D eigenvalue weighted by Crippen LogP contribution is -2.38. The molecule has 5 nitrogen and oxygen atoms in total. The van der Waals surface area contributed by atoms with Crippen molar-refractivity contribution in [2.45, 2.75) is 51.7 Å². The summed E-state index contributed by atoms with van der Waals surface area (Å²) in [5.74, 6) is 0.175. The summed E-state index contributed by atoms with van der Waals surface area (Å²) in [6, 6.07) is 0.386. The van der Waals surface area contributed by atoms with E-state index in [1.54, 1.807) is 0 Å². The average molecular weight is 268 g/mol. The SMILES string of the molecule is CC(C)CC(O)CNC(=O)C1CC(=O)N(C2CC2)C1. The van der Waals surface area contributed by atoms with E-state index in [1.807, 2.05) is 18.7 Å². The van der Waals surface area contributed by atoms with E-state index in [4.69, 9.17) is 0 Å². The molecule has 19 heavy (non-hydrogen) atoms. The van der Waals surface area contributed by atoms with Crippen LogP contribution >= 0.6 is 0 Å². The van der Waals surface area contributed by atoms with E-state index in [1.165, 1.54) is 0 Å². The van der Waals surface area contributed by atoms with Crippen molar-refractivity contribution in [1.82, 2.24) is 10.2 Å². The molecule has 1 heterocycles. The molecule has 1 aliphatic carbocycles. The first-order valence-corrected chi connectivity index (χ1v) is 7.22. The van der Waals surface area contributed by atoms with Gasteiger partial charge in [-0.3, -0.25) is 9.59 Å². The first kappa shape index (κ1) is 14.3. The van der Waals surface area contributed by atoms with Crippen molar-refractivity contribution in [2.75, 3.05) is 13.1 Å². The van der Waals surface area contributed by atoms with Gasteiger partial charge in [-0.15, -0.1) is 0 Å². The quantitative estimate of drug-likeness (QED) is 0.738. The number of aliphatic hydroxyl groups excluding tert-OH is 1. The van der Waals surface area contributed by atoms with Crippen LogP contribution in [0, 0.1) is 11.8 Å². The summed E-state index contributed by atoms with van der Waals surface area (Å²) in [6.07, 6.45) is 2.65. The lowest BCUT2D eigenvalue weighted by atomic mass is 10.1. The van der Waals surface area contributed by atoms with E-state index < -0.39 is 6.10 Å². The molecule has 0 aromatic rings. The zero-order valence-corrected chi connectivity index (χ0v) is 11.8. The Morgan fingerprint density at radius 1 is 1.47 bits per heavy atom. The van der Waals surface area contributed by atoms with Crippen molar-refractivity contribution in [1.29, 1.82) is 0 Å². The van der Waals surface area contributed by atoms with Crippen molar-refractivity contribution in [3.63, 3.8) is 0 Å². The predicted octanol–water partition coefficient (Wildman–Crippen LogP) is 0.520. The molecular formula is C14H24N2O3. The van der Waals surface area contributed by atoms with Gasteiger partial charge in [0.25, 0.3) is 0 Å². The minimum Gasteiger partial charge on any atom is -0.391 e. The van der Waals surface area contributed by atoms with E-state index in [9.17, 15) is 14.7 Å². The number of carbonyl (C=O) groups is 2. The normalized spacial score (nSPS) is 24.9. The molecule has 1 saturated carbocycles. The number of nitrogens with one attached hydrogen (secondary N) is 1. The van der Waals surface area contributed by atoms with Gasteiger partial charge in [0.1, 0.15) is 0 Å². The summed E-state index contributed by atoms with van der Waals surface area (Å²) in [5.41, 5.74) is 0. The van der Waals surface area contributed by atoms with E-state index in [2.05, 4.69) is 5.32 Å². The third-order valence-corrected chi connectivity index (χ3v) is 3.77. The third kappa shape index (κ3) is 3.93. The number of hydrogen-bond donors (Lipinski definition) is 2. The molecule has 1 aliphatic heterocycles. The fourth-order valence-electron chi connectivity index (χ4n) is 2.64. The van der Waals surface area contributed by atoms with Gasteiger partial charge in [0, 0.05) is 25.6 Å². The van der Waals surface area contributed by atoms with Gasteiger partial charge in [-0.2, -0.15) is 0 Å². The molecule has 1 saturated heterocycles. The molecule has 2 rings (SSSR count). The van der Waals surface area contributed by atoms with Crippen LogP contribution in [0.4, 0.5) is 0 Å². The summed E-state index contributed by atoms with van der Waals surface area (Å²) < 4.78 is 0. The molecule has 2 unspecified atom stereocenters. The minimum atomic E-state index is -0.499. The first-order chi connectivity index (χ1) is 8.97. The van der Waals surface area contributed by atoms with Crippen LogP contribution in [-0.4, -0.2) is 47.1 Å². The maximum atomic E-state index is 12.0. The molecule has 2 atom stereocenters. The fourth-order valence-corrected chi connectivity index (χ4v) is 2.64. The smallest absolute Gasteiger partial charge is 0.225 e. The van der Waals surface area contributed by atoms with Crippen LogP contribution < -0.4 is 5.32 Å². The molecule has 5 heteroatoms. The highest BCUT2D eigenvalue weighted by Gasteiger charge is 2.41. The second-order valence-corrected chi connectivity index (χ2v) is 6.21. The molecule has 0 radical (unpaired) electrons. The van der Waals surface area contributed by atoms with E-state index >= 15 is 0 Å². The van der Waals surface area contributed by atoms with Crippen molar-refractivity contribution in [3.8, 4) is 0 Å². The number of rotatable bonds is 6. The van der Waals surface area contributed by atoms with Crippen molar-refractivity contribution >= 4 is 11.8 Å². The van der Waals surface area contributed by atoms with Gasteiger partial charge in [0.05, 0.1) is 12.0 Å². The fraction of sp³-hybridized carbons (Fsp3) is 0.857. The number of hydrogen-bond acceptors (Lipinski definition) is 3. The lowest BCUT2D eigenvalue weighted by molar-refractivity contribution is -0.129. The minimum absolute atomic E-state index is 0.0979. The number of likely N-dealkylation sites (tertiary alicyclic amines) is 1. The Bertz CT molecular complexity index is 353. The van der Waals surface area contributed by atoms with Crippen LogP contribution in [-0.2, 0) is 9.59 Å². The number of nitrogens with zero attached hydrogens (tertiary/aromatic N) is 1. The van der Waals surface area contributed by atoms with E-state index in [0.29, 0.717) is 31.3 Å². The second-order valence-electron chi connectivity index (χ2n) is 6.21. The standard InChI is InChI=1S/C14H24N2O3/c1-9(2)5-12(17)7-15-14(19)10-6-13(18)16(8-10)11-3-4-11/h9-12,17H,3-8H2,1-2H3,(H,15,19). The van der Waals surface area contributed by atoms with E-state index in [0.717, 1.165) is 12.8 Å². The molecule has 2 fully saturated rings. The molecule has 0 spiro atoms. The average Bonchev–Trinajstić information content (AvgIpc) is 3.09. The molecular weight excluding hydrogens is 244 g/mol. The highest BCUT2D eigenvalue weighted by atomic mass is 16.3. The maximum absolute atomic E-state index is 12.0. The van der Waals surface area contributed by atoms with Crippen molar-refractivity contribution in [2.24, 2.45) is 11.8 Å². The Hall–Kier alpha value is -1.10. The maximum Gasteiger partial charge on any atom is 0.225 e. The topological polar surface area (TPSA) is 69.6 Å². The first-order valence-electron chi connectivity index (χ1n) is 7.22. The van der Waals surface area contributed by atoms with E-state index in [-0.39, 0.29) is 24.3 Å². The number of aliphatic hydroxyl groups is 1. The zero-order valence-electron chi connectivity index (χ0n) is 11.8. The van der Waals surface area contributed by atoms with Crippen molar-refractivity contribution < 1.29 is 14.7 Å². The molecule has 0 aromatic carbocycles. The molecule has 2 aliphatic rings. The Labute approximate surface area is 114 Å². The second kappa shape index (κ2) is 5.90. The predicted molar refractivity (Wildman–Crippen MR) is 71.3 cm³/mol. The Morgan fingerprint density at radius 3 is 2.74 bits per heavy atom. The summed E-state index contributed by atoms with van der Waals surface area (Å²) in [4.78, 5) is 25.6. The van der Waals surface area contributed by atoms with Crippen LogP contribution in [0.2, 0.25) is 0 Å². The monoisotopic (exact) mass is 268 g/mol. The molecule has 108 valence electrons. The molecule has 0 aromatic heterocycles. The third-order valence-electron chi connectivity index (χ3n) is 3.77. The van der Waals surface area contributed by atoms with Crippen LogP contribution in [0.25, 0.3) is 0 Å². The summed E-state index contributed by atoms with van der Waals surface area (Å²) in [5, 5.41) is 12.5. The van der Waals surface area contributed by atoms with Crippen LogP contribution in [0.15, 0.2) is 0 Å². The molecule has 2 amide bonds. The highest BCUT2D eigenvalue weighted by Crippen LogP contribution is 2.32.